The van der Waals surface area contributed by atoms with Gasteiger partial charge in [0.15, 0.2) is 0 Å². The fraction of sp³-hybridized carbons (Fsp3) is 0.500. The van der Waals surface area contributed by atoms with Gasteiger partial charge in [-0.25, -0.2) is 4.39 Å². The summed E-state index contributed by atoms with van der Waals surface area (Å²) >= 11 is 11.9. The van der Waals surface area contributed by atoms with Crippen LogP contribution in [-0.2, 0) is 11.3 Å². The first-order chi connectivity index (χ1) is 8.20. The smallest absolute Gasteiger partial charge is 0.124 e. The lowest BCUT2D eigenvalue weighted by Crippen LogP contribution is -2.45. The van der Waals surface area contributed by atoms with E-state index < -0.39 is 0 Å². The molecule has 1 aromatic carbocycles. The zero-order valence-corrected chi connectivity index (χ0v) is 10.8. The minimum Gasteiger partial charge on any atom is -0.378 e. The van der Waals surface area contributed by atoms with Gasteiger partial charge in [0.2, 0.25) is 0 Å². The summed E-state index contributed by atoms with van der Waals surface area (Å²) in [5, 5.41) is 0.463. The van der Waals surface area contributed by atoms with Gasteiger partial charge in [0.05, 0.1) is 13.2 Å². The van der Waals surface area contributed by atoms with Gasteiger partial charge in [-0.15, -0.1) is 11.6 Å². The Kier molecular flexibility index (Phi) is 4.62. The van der Waals surface area contributed by atoms with E-state index in [1.54, 1.807) is 6.07 Å². The van der Waals surface area contributed by atoms with Crippen LogP contribution in [0.25, 0.3) is 0 Å². The fourth-order valence-electron chi connectivity index (χ4n) is 1.91. The first-order valence-electron chi connectivity index (χ1n) is 5.52. The van der Waals surface area contributed by atoms with Gasteiger partial charge >= 0.3 is 0 Å². The molecule has 0 saturated carbocycles. The van der Waals surface area contributed by atoms with Crippen molar-refractivity contribution in [3.8, 4) is 0 Å². The Bertz CT molecular complexity index is 389. The summed E-state index contributed by atoms with van der Waals surface area (Å²) in [6, 6.07) is 4.69. The van der Waals surface area contributed by atoms with Gasteiger partial charge in [0.1, 0.15) is 5.82 Å². The molecule has 1 saturated heterocycles. The number of benzene rings is 1. The number of morpholine rings is 1. The predicted octanol–water partition coefficient (Wildman–Crippen LogP) is 2.92. The topological polar surface area (TPSA) is 12.5 Å². The van der Waals surface area contributed by atoms with Gasteiger partial charge in [-0.2, -0.15) is 0 Å². The minimum absolute atomic E-state index is 0.200. The second-order valence-electron chi connectivity index (χ2n) is 4.09. The third kappa shape index (κ3) is 3.32. The SMILES string of the molecule is Fc1ccc(CN2CCOCC2CCl)c(Cl)c1. The highest BCUT2D eigenvalue weighted by Gasteiger charge is 2.22. The molecule has 0 spiro atoms. The monoisotopic (exact) mass is 277 g/mol. The molecule has 2 rings (SSSR count). The molecule has 2 nitrogen and oxygen atoms in total. The lowest BCUT2D eigenvalue weighted by atomic mass is 10.1. The van der Waals surface area contributed by atoms with E-state index in [1.807, 2.05) is 0 Å². The molecule has 5 heteroatoms. The molecule has 0 radical (unpaired) electrons. The molecule has 0 aromatic heterocycles. The Morgan fingerprint density at radius 3 is 3.00 bits per heavy atom. The molecule has 94 valence electrons. The number of rotatable bonds is 3. The third-order valence-electron chi connectivity index (χ3n) is 2.92. The van der Waals surface area contributed by atoms with Crippen LogP contribution < -0.4 is 0 Å². The van der Waals surface area contributed by atoms with E-state index >= 15 is 0 Å². The molecular formula is C12H14Cl2FNO. The second kappa shape index (κ2) is 6.01. The summed E-state index contributed by atoms with van der Waals surface area (Å²) in [7, 11) is 0. The van der Waals surface area contributed by atoms with Crippen molar-refractivity contribution in [2.24, 2.45) is 0 Å². The lowest BCUT2D eigenvalue weighted by molar-refractivity contribution is -0.00303. The van der Waals surface area contributed by atoms with E-state index in [0.717, 1.165) is 12.1 Å². The minimum atomic E-state index is -0.311. The van der Waals surface area contributed by atoms with Crippen molar-refractivity contribution in [2.45, 2.75) is 12.6 Å². The number of hydrogen-bond donors (Lipinski definition) is 0. The second-order valence-corrected chi connectivity index (χ2v) is 4.81. The van der Waals surface area contributed by atoms with Crippen LogP contribution in [0.5, 0.6) is 0 Å². The molecule has 1 aliphatic rings. The molecule has 17 heavy (non-hydrogen) atoms. The van der Waals surface area contributed by atoms with E-state index in [2.05, 4.69) is 4.90 Å². The van der Waals surface area contributed by atoms with Crippen molar-refractivity contribution in [1.82, 2.24) is 4.90 Å². The van der Waals surface area contributed by atoms with Gasteiger partial charge in [-0.1, -0.05) is 17.7 Å². The van der Waals surface area contributed by atoms with Crippen molar-refractivity contribution in [1.29, 1.82) is 0 Å². The zero-order chi connectivity index (χ0) is 12.3. The first kappa shape index (κ1) is 13.1. The molecule has 1 unspecified atom stereocenters. The van der Waals surface area contributed by atoms with Gasteiger partial charge in [0, 0.05) is 30.0 Å². The van der Waals surface area contributed by atoms with Crippen molar-refractivity contribution >= 4 is 23.2 Å². The van der Waals surface area contributed by atoms with E-state index in [9.17, 15) is 4.39 Å². The Morgan fingerprint density at radius 1 is 1.47 bits per heavy atom. The van der Waals surface area contributed by atoms with Crippen LogP contribution in [0.15, 0.2) is 18.2 Å². The predicted molar refractivity (Wildman–Crippen MR) is 67.1 cm³/mol. The van der Waals surface area contributed by atoms with Crippen LogP contribution >= 0.6 is 23.2 Å². The summed E-state index contributed by atoms with van der Waals surface area (Å²) in [4.78, 5) is 2.22. The summed E-state index contributed by atoms with van der Waals surface area (Å²) in [6.07, 6.45) is 0. The average molecular weight is 278 g/mol. The van der Waals surface area contributed by atoms with Crippen molar-refractivity contribution in [3.63, 3.8) is 0 Å². The zero-order valence-electron chi connectivity index (χ0n) is 9.33. The molecule has 0 N–H and O–H groups in total. The highest BCUT2D eigenvalue weighted by Crippen LogP contribution is 2.21. The van der Waals surface area contributed by atoms with E-state index in [0.29, 0.717) is 30.7 Å². The quantitative estimate of drug-likeness (QED) is 0.788. The lowest BCUT2D eigenvalue weighted by Gasteiger charge is -2.34. The molecule has 0 amide bonds. The summed E-state index contributed by atoms with van der Waals surface area (Å²) in [5.74, 6) is 0.216. The van der Waals surface area contributed by atoms with Crippen LogP contribution in [-0.4, -0.2) is 36.6 Å². The average Bonchev–Trinajstić information content (AvgIpc) is 2.33. The molecule has 1 atom stereocenters. The van der Waals surface area contributed by atoms with Gasteiger partial charge in [-0.3, -0.25) is 4.90 Å². The molecule has 0 aliphatic carbocycles. The Balaban J connectivity index is 2.08. The van der Waals surface area contributed by atoms with Crippen LogP contribution in [0.1, 0.15) is 5.56 Å². The van der Waals surface area contributed by atoms with E-state index in [4.69, 9.17) is 27.9 Å². The molecule has 0 bridgehead atoms. The van der Waals surface area contributed by atoms with Crippen LogP contribution in [0.3, 0.4) is 0 Å². The Hall–Kier alpha value is -0.350. The van der Waals surface area contributed by atoms with Gasteiger partial charge < -0.3 is 4.74 Å². The third-order valence-corrected chi connectivity index (χ3v) is 3.62. The summed E-state index contributed by atoms with van der Waals surface area (Å²) < 4.78 is 18.3. The Labute approximate surface area is 110 Å². The Morgan fingerprint density at radius 2 is 2.29 bits per heavy atom. The maximum absolute atomic E-state index is 12.9. The van der Waals surface area contributed by atoms with Crippen LogP contribution in [0, 0.1) is 5.82 Å². The normalized spacial score (nSPS) is 21.7. The molecule has 1 aliphatic heterocycles. The molecular weight excluding hydrogens is 264 g/mol. The van der Waals surface area contributed by atoms with Gasteiger partial charge in [-0.05, 0) is 17.7 Å². The number of halogens is 3. The van der Waals surface area contributed by atoms with Crippen molar-refractivity contribution < 1.29 is 9.13 Å². The van der Waals surface area contributed by atoms with Crippen molar-refractivity contribution in [2.75, 3.05) is 25.6 Å². The van der Waals surface area contributed by atoms with E-state index in [-0.39, 0.29) is 11.9 Å². The maximum atomic E-state index is 12.9. The highest BCUT2D eigenvalue weighted by molar-refractivity contribution is 6.31. The number of alkyl halides is 1. The van der Waals surface area contributed by atoms with Crippen molar-refractivity contribution in [3.05, 3.63) is 34.6 Å². The molecule has 1 aromatic rings. The maximum Gasteiger partial charge on any atom is 0.124 e. The van der Waals surface area contributed by atoms with Crippen LogP contribution in [0.4, 0.5) is 4.39 Å². The van der Waals surface area contributed by atoms with Crippen LogP contribution in [0.2, 0.25) is 5.02 Å². The first-order valence-corrected chi connectivity index (χ1v) is 6.43. The molecule has 1 fully saturated rings. The number of hydrogen-bond acceptors (Lipinski definition) is 2. The fourth-order valence-corrected chi connectivity index (χ4v) is 2.42. The van der Waals surface area contributed by atoms with Gasteiger partial charge in [0.25, 0.3) is 0 Å². The van der Waals surface area contributed by atoms with E-state index in [1.165, 1.54) is 12.1 Å². The standard InChI is InChI=1S/C12H14Cl2FNO/c13-6-11-8-17-4-3-16(11)7-9-1-2-10(15)5-12(9)14/h1-2,5,11H,3-4,6-8H2. The summed E-state index contributed by atoms with van der Waals surface area (Å²) in [5.41, 5.74) is 0.921. The molecule has 1 heterocycles. The summed E-state index contributed by atoms with van der Waals surface area (Å²) in [6.45, 7) is 2.85. The number of nitrogens with zero attached hydrogens (tertiary/aromatic N) is 1. The largest absolute Gasteiger partial charge is 0.378 e. The highest BCUT2D eigenvalue weighted by atomic mass is 35.5. The number of ether oxygens (including phenoxy) is 1.